The summed E-state index contributed by atoms with van der Waals surface area (Å²) in [5.41, 5.74) is 1.32. The van der Waals surface area contributed by atoms with Gasteiger partial charge in [0.2, 0.25) is 0 Å². The van der Waals surface area contributed by atoms with E-state index in [2.05, 4.69) is 17.4 Å². The Morgan fingerprint density at radius 1 is 1.12 bits per heavy atom. The van der Waals surface area contributed by atoms with Crippen molar-refractivity contribution in [1.29, 1.82) is 0 Å². The zero-order valence-corrected chi connectivity index (χ0v) is 15.1. The van der Waals surface area contributed by atoms with E-state index in [4.69, 9.17) is 9.84 Å². The van der Waals surface area contributed by atoms with E-state index < -0.39 is 5.97 Å². The highest BCUT2D eigenvalue weighted by Crippen LogP contribution is 2.25. The minimum absolute atomic E-state index is 0.0482. The molecule has 1 aromatic carbocycles. The first kappa shape index (κ1) is 18.7. The number of hydrogen-bond donors (Lipinski definition) is 2. The fraction of sp³-hybridized carbons (Fsp3) is 0.600. The Bertz CT molecular complexity index is 593. The molecule has 6 heteroatoms. The van der Waals surface area contributed by atoms with Gasteiger partial charge < -0.3 is 20.1 Å². The molecular weight excluding hydrogens is 332 g/mol. The smallest absolute Gasteiger partial charge is 0.317 e. The van der Waals surface area contributed by atoms with Gasteiger partial charge in [-0.2, -0.15) is 0 Å². The molecule has 1 heterocycles. The molecule has 0 unspecified atom stereocenters. The molecule has 142 valence electrons. The van der Waals surface area contributed by atoms with E-state index in [9.17, 15) is 9.59 Å². The van der Waals surface area contributed by atoms with Crippen LogP contribution in [0.3, 0.4) is 0 Å². The highest BCUT2D eigenvalue weighted by Gasteiger charge is 2.33. The number of ether oxygens (including phenoxy) is 1. The first-order valence-electron chi connectivity index (χ1n) is 9.55. The second kappa shape index (κ2) is 9.03. The van der Waals surface area contributed by atoms with Crippen molar-refractivity contribution in [2.45, 2.75) is 50.7 Å². The average molecular weight is 360 g/mol. The summed E-state index contributed by atoms with van der Waals surface area (Å²) in [7, 11) is 0. The van der Waals surface area contributed by atoms with Crippen molar-refractivity contribution in [3.8, 4) is 0 Å². The number of carbonyl (C=O) groups is 2. The number of hydrogen-bond acceptors (Lipinski definition) is 3. The molecule has 0 bridgehead atoms. The van der Waals surface area contributed by atoms with E-state index in [1.54, 1.807) is 4.90 Å². The molecule has 26 heavy (non-hydrogen) atoms. The molecule has 1 aliphatic heterocycles. The summed E-state index contributed by atoms with van der Waals surface area (Å²) in [5, 5.41) is 12.0. The predicted octanol–water partition coefficient (Wildman–Crippen LogP) is 2.67. The summed E-state index contributed by atoms with van der Waals surface area (Å²) in [4.78, 5) is 24.9. The van der Waals surface area contributed by atoms with E-state index in [0.29, 0.717) is 32.5 Å². The van der Waals surface area contributed by atoms with Crippen LogP contribution in [-0.2, 0) is 16.0 Å². The molecule has 0 aromatic heterocycles. The van der Waals surface area contributed by atoms with Gasteiger partial charge in [-0.25, -0.2) is 4.79 Å². The Kier molecular flexibility index (Phi) is 6.50. The number of nitrogens with zero attached hydrogens (tertiary/aromatic N) is 1. The number of likely N-dealkylation sites (tertiary alicyclic amines) is 1. The Labute approximate surface area is 154 Å². The lowest BCUT2D eigenvalue weighted by molar-refractivity contribution is -0.142. The monoisotopic (exact) mass is 360 g/mol. The third kappa shape index (κ3) is 5.21. The van der Waals surface area contributed by atoms with Gasteiger partial charge in [0.1, 0.15) is 0 Å². The maximum atomic E-state index is 12.2. The number of nitrogens with one attached hydrogen (secondary N) is 1. The third-order valence-corrected chi connectivity index (χ3v) is 5.35. The maximum Gasteiger partial charge on any atom is 0.317 e. The first-order valence-corrected chi connectivity index (χ1v) is 9.55. The summed E-state index contributed by atoms with van der Waals surface area (Å²) >= 11 is 0. The van der Waals surface area contributed by atoms with Crippen molar-refractivity contribution in [3.05, 3.63) is 35.9 Å². The minimum Gasteiger partial charge on any atom is -0.481 e. The molecule has 2 amide bonds. The largest absolute Gasteiger partial charge is 0.481 e. The Balaban J connectivity index is 1.25. The van der Waals surface area contributed by atoms with Crippen LogP contribution >= 0.6 is 0 Å². The highest BCUT2D eigenvalue weighted by atomic mass is 16.5. The molecule has 2 fully saturated rings. The van der Waals surface area contributed by atoms with Gasteiger partial charge in [0.25, 0.3) is 0 Å². The number of carboxylic acid groups (broad SMARTS) is 1. The summed E-state index contributed by atoms with van der Waals surface area (Å²) in [6, 6.07) is 10.4. The van der Waals surface area contributed by atoms with Crippen LogP contribution in [0.1, 0.15) is 37.7 Å². The number of benzene rings is 1. The molecule has 0 spiro atoms. The normalized spacial score (nSPS) is 23.3. The average Bonchev–Trinajstić information content (AvgIpc) is 2.61. The van der Waals surface area contributed by atoms with Gasteiger partial charge in [0.05, 0.1) is 25.1 Å². The summed E-state index contributed by atoms with van der Waals surface area (Å²) in [5.74, 6) is -0.967. The molecule has 1 saturated carbocycles. The molecule has 1 aromatic rings. The van der Waals surface area contributed by atoms with E-state index in [-0.39, 0.29) is 24.1 Å². The van der Waals surface area contributed by atoms with Gasteiger partial charge >= 0.3 is 12.0 Å². The Morgan fingerprint density at radius 2 is 1.81 bits per heavy atom. The summed E-state index contributed by atoms with van der Waals surface area (Å²) in [6.45, 7) is 2.00. The fourth-order valence-electron chi connectivity index (χ4n) is 3.63. The highest BCUT2D eigenvalue weighted by molar-refractivity contribution is 5.75. The molecule has 6 nitrogen and oxygen atoms in total. The standard InChI is InChI=1S/C20H28N2O4/c23-19(24)16-8-10-17(11-9-16)21-20(25)22-13-18(14-22)26-12-4-7-15-5-2-1-3-6-15/h1-3,5-6,16-18H,4,7-14H2,(H,21,25)(H,23,24). The van der Waals surface area contributed by atoms with Crippen LogP contribution in [0.2, 0.25) is 0 Å². The molecule has 1 saturated heterocycles. The second-order valence-corrected chi connectivity index (χ2v) is 7.32. The summed E-state index contributed by atoms with van der Waals surface area (Å²) < 4.78 is 5.82. The Morgan fingerprint density at radius 3 is 2.46 bits per heavy atom. The van der Waals surface area contributed by atoms with Crippen molar-refractivity contribution in [1.82, 2.24) is 10.2 Å². The van der Waals surface area contributed by atoms with Gasteiger partial charge in [-0.15, -0.1) is 0 Å². The predicted molar refractivity (Wildman–Crippen MR) is 98.0 cm³/mol. The Hall–Kier alpha value is -2.08. The van der Waals surface area contributed by atoms with E-state index >= 15 is 0 Å². The second-order valence-electron chi connectivity index (χ2n) is 7.32. The van der Waals surface area contributed by atoms with E-state index in [1.807, 2.05) is 18.2 Å². The first-order chi connectivity index (χ1) is 12.6. The van der Waals surface area contributed by atoms with Gasteiger partial charge in [-0.1, -0.05) is 30.3 Å². The van der Waals surface area contributed by atoms with Gasteiger partial charge in [-0.05, 0) is 44.1 Å². The third-order valence-electron chi connectivity index (χ3n) is 5.35. The number of carboxylic acids is 1. The van der Waals surface area contributed by atoms with Crippen LogP contribution < -0.4 is 5.32 Å². The van der Waals surface area contributed by atoms with Crippen LogP contribution in [0, 0.1) is 5.92 Å². The van der Waals surface area contributed by atoms with E-state index in [0.717, 1.165) is 25.7 Å². The molecule has 2 N–H and O–H groups in total. The zero-order chi connectivity index (χ0) is 18.4. The van der Waals surface area contributed by atoms with Crippen molar-refractivity contribution in [2.24, 2.45) is 5.92 Å². The van der Waals surface area contributed by atoms with Crippen LogP contribution in [0.25, 0.3) is 0 Å². The van der Waals surface area contributed by atoms with Crippen molar-refractivity contribution in [2.75, 3.05) is 19.7 Å². The lowest BCUT2D eigenvalue weighted by Gasteiger charge is -2.40. The van der Waals surface area contributed by atoms with Crippen LogP contribution in [0.15, 0.2) is 30.3 Å². The number of aryl methyl sites for hydroxylation is 1. The molecule has 2 aliphatic rings. The van der Waals surface area contributed by atoms with Crippen molar-refractivity contribution in [3.63, 3.8) is 0 Å². The molecule has 1 aliphatic carbocycles. The minimum atomic E-state index is -0.718. The molecule has 0 atom stereocenters. The zero-order valence-electron chi connectivity index (χ0n) is 15.1. The van der Waals surface area contributed by atoms with Crippen molar-refractivity contribution >= 4 is 12.0 Å². The SMILES string of the molecule is O=C(O)C1CCC(NC(=O)N2CC(OCCCc3ccccc3)C2)CC1. The van der Waals surface area contributed by atoms with Crippen LogP contribution in [0.5, 0.6) is 0 Å². The summed E-state index contributed by atoms with van der Waals surface area (Å²) in [6.07, 6.45) is 4.92. The topological polar surface area (TPSA) is 78.9 Å². The van der Waals surface area contributed by atoms with Crippen molar-refractivity contribution < 1.29 is 19.4 Å². The van der Waals surface area contributed by atoms with Gasteiger partial charge in [-0.3, -0.25) is 4.79 Å². The number of carbonyl (C=O) groups excluding carboxylic acids is 1. The lowest BCUT2D eigenvalue weighted by Crippen LogP contribution is -2.59. The quantitative estimate of drug-likeness (QED) is 0.733. The fourth-order valence-corrected chi connectivity index (χ4v) is 3.63. The van der Waals surface area contributed by atoms with Gasteiger partial charge in [0, 0.05) is 12.6 Å². The van der Waals surface area contributed by atoms with Crippen LogP contribution in [-0.4, -0.2) is 53.8 Å². The molecule has 3 rings (SSSR count). The van der Waals surface area contributed by atoms with E-state index in [1.165, 1.54) is 5.56 Å². The lowest BCUT2D eigenvalue weighted by atomic mass is 9.86. The number of aliphatic carboxylic acids is 1. The molecule has 0 radical (unpaired) electrons. The maximum absolute atomic E-state index is 12.2. The van der Waals surface area contributed by atoms with Gasteiger partial charge in [0.15, 0.2) is 0 Å². The van der Waals surface area contributed by atoms with Crippen LogP contribution in [0.4, 0.5) is 4.79 Å². The number of amides is 2. The number of urea groups is 1. The molecular formula is C20H28N2O4. The number of rotatable bonds is 7.